The quantitative estimate of drug-likeness (QED) is 0.414. The summed E-state index contributed by atoms with van der Waals surface area (Å²) in [5.41, 5.74) is 2.06. The first-order chi connectivity index (χ1) is 12.2. The van der Waals surface area contributed by atoms with Crippen molar-refractivity contribution in [1.82, 2.24) is 4.98 Å². The molecule has 3 aromatic rings. The van der Waals surface area contributed by atoms with Crippen molar-refractivity contribution in [3.05, 3.63) is 71.9 Å². The second-order valence-electron chi connectivity index (χ2n) is 5.15. The zero-order chi connectivity index (χ0) is 17.6. The van der Waals surface area contributed by atoms with Gasteiger partial charge in [-0.1, -0.05) is 24.3 Å². The summed E-state index contributed by atoms with van der Waals surface area (Å²) in [6.07, 6.45) is 4.70. The molecule has 0 saturated carbocycles. The molecule has 2 aromatic carbocycles. The van der Waals surface area contributed by atoms with Crippen LogP contribution in [0.25, 0.3) is 17.0 Å². The minimum atomic E-state index is -0.545. The summed E-state index contributed by atoms with van der Waals surface area (Å²) in [6, 6.07) is 16.2. The van der Waals surface area contributed by atoms with Crippen LogP contribution in [-0.2, 0) is 4.79 Å². The Morgan fingerprint density at radius 2 is 2.00 bits per heavy atom. The number of hydrogen-bond acceptors (Lipinski definition) is 5. The van der Waals surface area contributed by atoms with Crippen LogP contribution in [0, 0.1) is 11.3 Å². The maximum atomic E-state index is 12.1. The van der Waals surface area contributed by atoms with Gasteiger partial charge in [-0.2, -0.15) is 5.26 Å². The van der Waals surface area contributed by atoms with Crippen molar-refractivity contribution in [2.24, 2.45) is 0 Å². The van der Waals surface area contributed by atoms with Crippen LogP contribution in [0.15, 0.2) is 60.8 Å². The first-order valence-corrected chi connectivity index (χ1v) is 7.53. The van der Waals surface area contributed by atoms with Crippen LogP contribution in [0.2, 0.25) is 0 Å². The van der Waals surface area contributed by atoms with E-state index in [0.29, 0.717) is 11.3 Å². The molecule has 0 fully saturated rings. The van der Waals surface area contributed by atoms with E-state index in [4.69, 9.17) is 14.7 Å². The molecule has 1 heterocycles. The third kappa shape index (κ3) is 3.65. The van der Waals surface area contributed by atoms with E-state index in [0.717, 1.165) is 16.5 Å². The third-order valence-corrected chi connectivity index (χ3v) is 3.57. The first kappa shape index (κ1) is 16.2. The predicted molar refractivity (Wildman–Crippen MR) is 94.1 cm³/mol. The lowest BCUT2D eigenvalue weighted by Crippen LogP contribution is -2.05. The van der Waals surface area contributed by atoms with Gasteiger partial charge in [-0.15, -0.1) is 0 Å². The molecule has 0 saturated heterocycles. The minimum Gasteiger partial charge on any atom is -0.493 e. The fraction of sp³-hybridized carbons (Fsp3) is 0.0500. The molecule has 0 spiro atoms. The van der Waals surface area contributed by atoms with Gasteiger partial charge in [0.2, 0.25) is 0 Å². The van der Waals surface area contributed by atoms with E-state index in [1.54, 1.807) is 18.3 Å². The number of ether oxygens (including phenoxy) is 2. The fourth-order valence-electron chi connectivity index (χ4n) is 2.38. The van der Waals surface area contributed by atoms with Gasteiger partial charge in [0.05, 0.1) is 24.3 Å². The smallest absolute Gasteiger partial charge is 0.336 e. The van der Waals surface area contributed by atoms with Gasteiger partial charge in [-0.05, 0) is 24.3 Å². The number of nitrogens with zero attached hydrogens (tertiary/aromatic N) is 2. The Labute approximate surface area is 144 Å². The maximum absolute atomic E-state index is 12.1. The van der Waals surface area contributed by atoms with Crippen molar-refractivity contribution < 1.29 is 14.3 Å². The van der Waals surface area contributed by atoms with Crippen LogP contribution >= 0.6 is 0 Å². The summed E-state index contributed by atoms with van der Waals surface area (Å²) in [4.78, 5) is 16.4. The van der Waals surface area contributed by atoms with Crippen LogP contribution in [0.1, 0.15) is 11.1 Å². The van der Waals surface area contributed by atoms with E-state index in [-0.39, 0.29) is 5.75 Å². The van der Waals surface area contributed by atoms with Crippen molar-refractivity contribution in [2.75, 3.05) is 7.11 Å². The number of hydrogen-bond donors (Lipinski definition) is 0. The van der Waals surface area contributed by atoms with Crippen molar-refractivity contribution in [1.29, 1.82) is 5.26 Å². The summed E-state index contributed by atoms with van der Waals surface area (Å²) in [6.45, 7) is 0. The average Bonchev–Trinajstić information content (AvgIpc) is 2.66. The Bertz CT molecular complexity index is 998. The van der Waals surface area contributed by atoms with Crippen LogP contribution < -0.4 is 9.47 Å². The lowest BCUT2D eigenvalue weighted by Gasteiger charge is -2.07. The summed E-state index contributed by atoms with van der Waals surface area (Å²) in [5, 5.41) is 9.89. The molecule has 0 aliphatic rings. The van der Waals surface area contributed by atoms with E-state index in [9.17, 15) is 4.79 Å². The molecule has 5 heteroatoms. The molecule has 0 radical (unpaired) electrons. The number of carbonyl (C=O) groups is 1. The molecular weight excluding hydrogens is 316 g/mol. The van der Waals surface area contributed by atoms with E-state index >= 15 is 0 Å². The number of benzene rings is 2. The van der Waals surface area contributed by atoms with Crippen LogP contribution in [-0.4, -0.2) is 18.1 Å². The van der Waals surface area contributed by atoms with Gasteiger partial charge in [0.1, 0.15) is 0 Å². The fourth-order valence-corrected chi connectivity index (χ4v) is 2.38. The lowest BCUT2D eigenvalue weighted by molar-refractivity contribution is -0.129. The number of nitriles is 1. The minimum absolute atomic E-state index is 0.257. The average molecular weight is 330 g/mol. The van der Waals surface area contributed by atoms with Crippen LogP contribution in [0.4, 0.5) is 0 Å². The predicted octanol–water partition coefficient (Wildman–Crippen LogP) is 3.73. The standard InChI is InChI=1S/C20H14N2O3/c1-24-18-12-14(13-21)7-9-17(18)25-19(23)10-8-16-5-2-4-15-6-3-11-22-20(15)16/h2-12H,1H3/b10-8+. The number of aromatic nitrogens is 1. The van der Waals surface area contributed by atoms with Gasteiger partial charge in [0.15, 0.2) is 11.5 Å². The van der Waals surface area contributed by atoms with Gasteiger partial charge in [0.25, 0.3) is 0 Å². The Balaban J connectivity index is 1.81. The molecule has 0 atom stereocenters. The van der Waals surface area contributed by atoms with Gasteiger partial charge in [-0.25, -0.2) is 4.79 Å². The molecule has 0 amide bonds. The molecular formula is C20H14N2O3. The highest BCUT2D eigenvalue weighted by molar-refractivity contribution is 5.93. The van der Waals surface area contributed by atoms with Crippen LogP contribution in [0.3, 0.4) is 0 Å². The van der Waals surface area contributed by atoms with E-state index in [1.165, 1.54) is 25.3 Å². The van der Waals surface area contributed by atoms with Gasteiger partial charge in [-0.3, -0.25) is 4.98 Å². The second-order valence-corrected chi connectivity index (χ2v) is 5.15. The number of para-hydroxylation sites is 1. The second kappa shape index (κ2) is 7.28. The Hall–Kier alpha value is -3.65. The topological polar surface area (TPSA) is 72.2 Å². The summed E-state index contributed by atoms with van der Waals surface area (Å²) in [5.74, 6) is 0.0377. The molecule has 0 unspecified atom stereocenters. The summed E-state index contributed by atoms with van der Waals surface area (Å²) in [7, 11) is 1.45. The molecule has 0 aliphatic carbocycles. The Morgan fingerprint density at radius 3 is 2.80 bits per heavy atom. The van der Waals surface area contributed by atoms with E-state index in [1.807, 2.05) is 36.4 Å². The highest BCUT2D eigenvalue weighted by Crippen LogP contribution is 2.28. The molecule has 1 aromatic heterocycles. The highest BCUT2D eigenvalue weighted by atomic mass is 16.6. The molecule has 0 aliphatic heterocycles. The molecule has 3 rings (SSSR count). The Kier molecular flexibility index (Phi) is 4.72. The molecule has 0 bridgehead atoms. The monoisotopic (exact) mass is 330 g/mol. The first-order valence-electron chi connectivity index (χ1n) is 7.53. The summed E-state index contributed by atoms with van der Waals surface area (Å²) < 4.78 is 10.4. The Morgan fingerprint density at radius 1 is 1.16 bits per heavy atom. The van der Waals surface area contributed by atoms with Crippen molar-refractivity contribution >= 4 is 22.9 Å². The van der Waals surface area contributed by atoms with Gasteiger partial charge < -0.3 is 9.47 Å². The zero-order valence-corrected chi connectivity index (χ0v) is 13.5. The van der Waals surface area contributed by atoms with Gasteiger partial charge in [0, 0.05) is 29.3 Å². The molecule has 0 N–H and O–H groups in total. The number of methoxy groups -OCH3 is 1. The van der Waals surface area contributed by atoms with Crippen molar-refractivity contribution in [3.8, 4) is 17.6 Å². The molecule has 25 heavy (non-hydrogen) atoms. The number of rotatable bonds is 4. The molecule has 122 valence electrons. The van der Waals surface area contributed by atoms with Crippen LogP contribution in [0.5, 0.6) is 11.5 Å². The summed E-state index contributed by atoms with van der Waals surface area (Å²) >= 11 is 0. The highest BCUT2D eigenvalue weighted by Gasteiger charge is 2.09. The number of fused-ring (bicyclic) bond motifs is 1. The van der Waals surface area contributed by atoms with Gasteiger partial charge >= 0.3 is 5.97 Å². The zero-order valence-electron chi connectivity index (χ0n) is 13.5. The normalized spacial score (nSPS) is 10.6. The third-order valence-electron chi connectivity index (χ3n) is 3.57. The number of carbonyl (C=O) groups excluding carboxylic acids is 1. The SMILES string of the molecule is COc1cc(C#N)ccc1OC(=O)/C=C/c1cccc2cccnc12. The number of pyridine rings is 1. The van der Waals surface area contributed by atoms with E-state index < -0.39 is 5.97 Å². The number of esters is 1. The van der Waals surface area contributed by atoms with E-state index in [2.05, 4.69) is 4.98 Å². The van der Waals surface area contributed by atoms with Crippen molar-refractivity contribution in [3.63, 3.8) is 0 Å². The lowest BCUT2D eigenvalue weighted by atomic mass is 10.1. The van der Waals surface area contributed by atoms with Crippen molar-refractivity contribution in [2.45, 2.75) is 0 Å². The largest absolute Gasteiger partial charge is 0.493 e. The maximum Gasteiger partial charge on any atom is 0.336 e. The molecule has 5 nitrogen and oxygen atoms in total.